The lowest BCUT2D eigenvalue weighted by molar-refractivity contribution is 0.0287. The maximum Gasteiger partial charge on any atom is 0.0782 e. The highest BCUT2D eigenvalue weighted by Crippen LogP contribution is 2.30. The van der Waals surface area contributed by atoms with Gasteiger partial charge in [0.1, 0.15) is 0 Å². The highest BCUT2D eigenvalue weighted by molar-refractivity contribution is 9.10. The largest absolute Gasteiger partial charge is 0.376 e. The van der Waals surface area contributed by atoms with Crippen molar-refractivity contribution in [3.63, 3.8) is 0 Å². The molecule has 0 aliphatic heterocycles. The average Bonchev–Trinajstić information content (AvgIpc) is 2.80. The predicted molar refractivity (Wildman–Crippen MR) is 87.1 cm³/mol. The fourth-order valence-electron chi connectivity index (χ4n) is 2.42. The van der Waals surface area contributed by atoms with Gasteiger partial charge in [0.05, 0.1) is 28.5 Å². The molecule has 1 aromatic rings. The van der Waals surface area contributed by atoms with Crippen LogP contribution in [0.15, 0.2) is 10.7 Å². The predicted octanol–water partition coefficient (Wildman–Crippen LogP) is 4.08. The normalized spacial score (nSPS) is 14.8. The zero-order chi connectivity index (χ0) is 15.1. The molecular formula is C15H28BrN3O. The summed E-state index contributed by atoms with van der Waals surface area (Å²) in [7, 11) is 0. The fraction of sp³-hybridized carbons (Fsp3) is 0.800. The third-order valence-electron chi connectivity index (χ3n) is 3.34. The SMILES string of the molecule is CCCNC(c1c(Br)cnn1C(C)C)C(CC)OCC. The number of hydrogen-bond donors (Lipinski definition) is 1. The van der Waals surface area contributed by atoms with Crippen molar-refractivity contribution >= 4 is 15.9 Å². The molecule has 20 heavy (non-hydrogen) atoms. The van der Waals surface area contributed by atoms with Crippen LogP contribution in [0, 0.1) is 0 Å². The molecule has 5 heteroatoms. The molecule has 4 nitrogen and oxygen atoms in total. The maximum absolute atomic E-state index is 5.94. The summed E-state index contributed by atoms with van der Waals surface area (Å²) in [6.45, 7) is 12.4. The number of hydrogen-bond acceptors (Lipinski definition) is 3. The molecule has 0 bridgehead atoms. The van der Waals surface area contributed by atoms with Gasteiger partial charge < -0.3 is 10.1 Å². The van der Waals surface area contributed by atoms with E-state index in [0.717, 1.165) is 30.5 Å². The molecule has 0 aliphatic rings. The van der Waals surface area contributed by atoms with Crippen LogP contribution >= 0.6 is 15.9 Å². The third-order valence-corrected chi connectivity index (χ3v) is 3.95. The number of nitrogens with one attached hydrogen (secondary N) is 1. The van der Waals surface area contributed by atoms with Crippen LogP contribution in [0.25, 0.3) is 0 Å². The first-order valence-corrected chi connectivity index (χ1v) is 8.43. The van der Waals surface area contributed by atoms with E-state index in [-0.39, 0.29) is 12.1 Å². The fourth-order valence-corrected chi connectivity index (χ4v) is 2.94. The minimum atomic E-state index is 0.164. The molecule has 116 valence electrons. The first-order valence-electron chi connectivity index (χ1n) is 7.64. The van der Waals surface area contributed by atoms with Gasteiger partial charge in [0.15, 0.2) is 0 Å². The summed E-state index contributed by atoms with van der Waals surface area (Å²) in [5, 5.41) is 8.12. The molecule has 0 radical (unpaired) electrons. The zero-order valence-corrected chi connectivity index (χ0v) is 14.9. The molecule has 0 spiro atoms. The quantitative estimate of drug-likeness (QED) is 0.732. The summed E-state index contributed by atoms with van der Waals surface area (Å²) in [5.41, 5.74) is 1.19. The van der Waals surface area contributed by atoms with Crippen LogP contribution in [-0.4, -0.2) is 29.0 Å². The molecule has 1 N–H and O–H groups in total. The molecule has 0 amide bonds. The van der Waals surface area contributed by atoms with Gasteiger partial charge in [-0.1, -0.05) is 13.8 Å². The first kappa shape index (κ1) is 17.7. The second-order valence-corrected chi connectivity index (χ2v) is 6.10. The maximum atomic E-state index is 5.94. The Labute approximate surface area is 131 Å². The van der Waals surface area contributed by atoms with Crippen molar-refractivity contribution < 1.29 is 4.74 Å². The van der Waals surface area contributed by atoms with E-state index < -0.39 is 0 Å². The number of aromatic nitrogens is 2. The van der Waals surface area contributed by atoms with Gasteiger partial charge in [-0.3, -0.25) is 4.68 Å². The Hall–Kier alpha value is -0.390. The number of halogens is 1. The Morgan fingerprint density at radius 2 is 2.05 bits per heavy atom. The molecule has 0 aliphatic carbocycles. The van der Waals surface area contributed by atoms with Crippen LogP contribution in [0.2, 0.25) is 0 Å². The van der Waals surface area contributed by atoms with Crippen LogP contribution in [0.3, 0.4) is 0 Å². The summed E-state index contributed by atoms with van der Waals surface area (Å²) in [5.74, 6) is 0. The van der Waals surface area contributed by atoms with E-state index in [4.69, 9.17) is 4.74 Å². The van der Waals surface area contributed by atoms with Gasteiger partial charge in [0.25, 0.3) is 0 Å². The van der Waals surface area contributed by atoms with Crippen LogP contribution in [0.5, 0.6) is 0 Å². The van der Waals surface area contributed by atoms with Crippen LogP contribution in [-0.2, 0) is 4.74 Å². The number of nitrogens with zero attached hydrogens (tertiary/aromatic N) is 2. The summed E-state index contributed by atoms with van der Waals surface area (Å²) < 4.78 is 9.08. The molecule has 1 rings (SSSR count). The Kier molecular flexibility index (Phi) is 7.77. The van der Waals surface area contributed by atoms with Crippen molar-refractivity contribution in [3.05, 3.63) is 16.4 Å². The molecule has 1 aromatic heterocycles. The third kappa shape index (κ3) is 4.30. The Morgan fingerprint density at radius 1 is 1.35 bits per heavy atom. The van der Waals surface area contributed by atoms with Gasteiger partial charge >= 0.3 is 0 Å². The molecular weight excluding hydrogens is 318 g/mol. The zero-order valence-electron chi connectivity index (χ0n) is 13.3. The van der Waals surface area contributed by atoms with E-state index >= 15 is 0 Å². The van der Waals surface area contributed by atoms with Crippen molar-refractivity contribution in [2.24, 2.45) is 0 Å². The van der Waals surface area contributed by atoms with Gasteiger partial charge in [-0.25, -0.2) is 0 Å². The Morgan fingerprint density at radius 3 is 2.55 bits per heavy atom. The summed E-state index contributed by atoms with van der Waals surface area (Å²) in [6, 6.07) is 0.500. The van der Waals surface area contributed by atoms with Gasteiger partial charge in [0, 0.05) is 12.6 Å². The van der Waals surface area contributed by atoms with E-state index in [9.17, 15) is 0 Å². The van der Waals surface area contributed by atoms with E-state index in [1.54, 1.807) is 0 Å². The van der Waals surface area contributed by atoms with Gasteiger partial charge in [-0.05, 0) is 56.1 Å². The monoisotopic (exact) mass is 345 g/mol. The molecule has 1 heterocycles. The second-order valence-electron chi connectivity index (χ2n) is 5.25. The molecule has 2 unspecified atom stereocenters. The Balaban J connectivity index is 3.11. The lowest BCUT2D eigenvalue weighted by Gasteiger charge is -2.29. The van der Waals surface area contributed by atoms with Gasteiger partial charge in [0.2, 0.25) is 0 Å². The van der Waals surface area contributed by atoms with Crippen LogP contribution in [0.1, 0.15) is 65.2 Å². The summed E-state index contributed by atoms with van der Waals surface area (Å²) in [6.07, 6.45) is 4.13. The second kappa shape index (κ2) is 8.80. The molecule has 0 fully saturated rings. The van der Waals surface area contributed by atoms with E-state index in [2.05, 4.69) is 58.7 Å². The highest BCUT2D eigenvalue weighted by Gasteiger charge is 2.28. The number of ether oxygens (including phenoxy) is 1. The highest BCUT2D eigenvalue weighted by atomic mass is 79.9. The van der Waals surface area contributed by atoms with Crippen molar-refractivity contribution in [2.75, 3.05) is 13.2 Å². The minimum Gasteiger partial charge on any atom is -0.376 e. The van der Waals surface area contributed by atoms with E-state index in [1.807, 2.05) is 13.1 Å². The molecule has 2 atom stereocenters. The standard InChI is InChI=1S/C15H28BrN3O/c1-6-9-17-14(13(7-2)20-8-3)15-12(16)10-18-19(15)11(4)5/h10-11,13-14,17H,6-9H2,1-5H3. The van der Waals surface area contributed by atoms with Crippen LogP contribution in [0.4, 0.5) is 0 Å². The minimum absolute atomic E-state index is 0.164. The summed E-state index contributed by atoms with van der Waals surface area (Å²) >= 11 is 3.65. The van der Waals surface area contributed by atoms with Crippen molar-refractivity contribution in [1.82, 2.24) is 15.1 Å². The molecule has 0 aromatic carbocycles. The lowest BCUT2D eigenvalue weighted by Crippen LogP contribution is -2.36. The Bertz CT molecular complexity index is 392. The van der Waals surface area contributed by atoms with Crippen molar-refractivity contribution in [1.29, 1.82) is 0 Å². The smallest absolute Gasteiger partial charge is 0.0782 e. The van der Waals surface area contributed by atoms with E-state index in [0.29, 0.717) is 6.04 Å². The van der Waals surface area contributed by atoms with Crippen LogP contribution < -0.4 is 5.32 Å². The number of rotatable bonds is 9. The van der Waals surface area contributed by atoms with Gasteiger partial charge in [-0.15, -0.1) is 0 Å². The van der Waals surface area contributed by atoms with Crippen molar-refractivity contribution in [2.45, 2.75) is 65.6 Å². The topological polar surface area (TPSA) is 39.1 Å². The lowest BCUT2D eigenvalue weighted by atomic mass is 10.0. The van der Waals surface area contributed by atoms with E-state index in [1.165, 1.54) is 5.69 Å². The van der Waals surface area contributed by atoms with Gasteiger partial charge in [-0.2, -0.15) is 5.10 Å². The van der Waals surface area contributed by atoms with Crippen molar-refractivity contribution in [3.8, 4) is 0 Å². The molecule has 0 saturated heterocycles. The average molecular weight is 346 g/mol. The first-order chi connectivity index (χ1) is 9.56. The molecule has 0 saturated carbocycles. The summed E-state index contributed by atoms with van der Waals surface area (Å²) in [4.78, 5) is 0.